The summed E-state index contributed by atoms with van der Waals surface area (Å²) in [4.78, 5) is 2.44. The third-order valence-corrected chi connectivity index (χ3v) is 3.17. The molecule has 1 rings (SSSR count). The quantitative estimate of drug-likeness (QED) is 0.741. The number of likely N-dealkylation sites (N-methyl/N-ethyl adjacent to an activating group) is 1. The molecule has 0 saturated heterocycles. The van der Waals surface area contributed by atoms with E-state index in [1.165, 1.54) is 17.7 Å². The number of hydrogen-bond donors (Lipinski definition) is 1. The van der Waals surface area contributed by atoms with Gasteiger partial charge in [0.15, 0.2) is 0 Å². The van der Waals surface area contributed by atoms with Crippen LogP contribution < -0.4 is 5.32 Å². The maximum atomic E-state index is 3.56. The number of para-hydroxylation sites is 1. The van der Waals surface area contributed by atoms with Gasteiger partial charge in [-0.25, -0.2) is 0 Å². The minimum atomic E-state index is 1.03. The molecule has 0 fully saturated rings. The van der Waals surface area contributed by atoms with Crippen LogP contribution in [0, 0.1) is 0 Å². The van der Waals surface area contributed by atoms with Crippen LogP contribution in [0.15, 0.2) is 24.3 Å². The third kappa shape index (κ3) is 4.78. The number of anilines is 1. The van der Waals surface area contributed by atoms with Gasteiger partial charge in [0.1, 0.15) is 0 Å². The van der Waals surface area contributed by atoms with Gasteiger partial charge in [-0.2, -0.15) is 0 Å². The second-order valence-electron chi connectivity index (χ2n) is 4.36. The molecule has 17 heavy (non-hydrogen) atoms. The Balaban J connectivity index is 2.45. The lowest BCUT2D eigenvalue weighted by molar-refractivity contribution is 0.316. The summed E-state index contributed by atoms with van der Waals surface area (Å²) in [5.74, 6) is 0. The lowest BCUT2D eigenvalue weighted by atomic mass is 10.1. The van der Waals surface area contributed by atoms with E-state index in [0.29, 0.717) is 0 Å². The molecular weight excluding hydrogens is 208 g/mol. The molecule has 0 aliphatic carbocycles. The maximum Gasteiger partial charge on any atom is 0.0373 e. The monoisotopic (exact) mass is 234 g/mol. The lowest BCUT2D eigenvalue weighted by Gasteiger charge is -2.19. The Morgan fingerprint density at radius 1 is 1.06 bits per heavy atom. The Bertz CT molecular complexity index is 306. The van der Waals surface area contributed by atoms with Crippen molar-refractivity contribution >= 4 is 5.69 Å². The molecule has 1 aromatic carbocycles. The van der Waals surface area contributed by atoms with Crippen molar-refractivity contribution in [3.63, 3.8) is 0 Å². The van der Waals surface area contributed by atoms with Gasteiger partial charge in [0, 0.05) is 18.8 Å². The van der Waals surface area contributed by atoms with E-state index in [1.54, 1.807) is 0 Å². The van der Waals surface area contributed by atoms with E-state index in [2.05, 4.69) is 55.3 Å². The molecule has 96 valence electrons. The molecule has 1 N–H and O–H groups in total. The van der Waals surface area contributed by atoms with E-state index >= 15 is 0 Å². The zero-order chi connectivity index (χ0) is 12.5. The molecule has 0 saturated carbocycles. The number of aryl methyl sites for hydroxylation is 1. The molecule has 0 aliphatic rings. The van der Waals surface area contributed by atoms with Crippen LogP contribution in [-0.4, -0.2) is 31.1 Å². The lowest BCUT2D eigenvalue weighted by Crippen LogP contribution is -2.28. The molecule has 0 radical (unpaired) electrons. The van der Waals surface area contributed by atoms with Gasteiger partial charge in [0.05, 0.1) is 0 Å². The fourth-order valence-corrected chi connectivity index (χ4v) is 2.07. The van der Waals surface area contributed by atoms with Crippen molar-refractivity contribution in [3.8, 4) is 0 Å². The van der Waals surface area contributed by atoms with Crippen LogP contribution in [0.5, 0.6) is 0 Å². The maximum absolute atomic E-state index is 3.56. The zero-order valence-corrected chi connectivity index (χ0v) is 11.5. The highest BCUT2D eigenvalue weighted by molar-refractivity contribution is 5.51. The molecule has 0 aromatic heterocycles. The molecule has 0 aliphatic heterocycles. The van der Waals surface area contributed by atoms with Crippen LogP contribution >= 0.6 is 0 Å². The van der Waals surface area contributed by atoms with Crippen LogP contribution in [-0.2, 0) is 6.42 Å². The Morgan fingerprint density at radius 3 is 2.41 bits per heavy atom. The first kappa shape index (κ1) is 14.0. The van der Waals surface area contributed by atoms with Gasteiger partial charge in [-0.05, 0) is 31.1 Å². The number of nitrogens with zero attached hydrogens (tertiary/aromatic N) is 1. The highest BCUT2D eigenvalue weighted by atomic mass is 15.1. The van der Waals surface area contributed by atoms with Gasteiger partial charge in [0.2, 0.25) is 0 Å². The van der Waals surface area contributed by atoms with Gasteiger partial charge in [-0.3, -0.25) is 0 Å². The van der Waals surface area contributed by atoms with Crippen LogP contribution in [0.3, 0.4) is 0 Å². The summed E-state index contributed by atoms with van der Waals surface area (Å²) in [5.41, 5.74) is 2.75. The van der Waals surface area contributed by atoms with Crippen molar-refractivity contribution < 1.29 is 0 Å². The van der Waals surface area contributed by atoms with Crippen molar-refractivity contribution in [1.82, 2.24) is 4.90 Å². The second-order valence-corrected chi connectivity index (χ2v) is 4.36. The Kier molecular flexibility index (Phi) is 6.71. The summed E-state index contributed by atoms with van der Waals surface area (Å²) in [5, 5.41) is 3.56. The summed E-state index contributed by atoms with van der Waals surface area (Å²) in [6.07, 6.45) is 2.36. The molecule has 0 amide bonds. The number of rotatable bonds is 8. The molecule has 0 atom stereocenters. The topological polar surface area (TPSA) is 15.3 Å². The van der Waals surface area contributed by atoms with Crippen molar-refractivity contribution in [2.75, 3.05) is 31.5 Å². The number of benzene rings is 1. The minimum Gasteiger partial charge on any atom is -0.384 e. The summed E-state index contributed by atoms with van der Waals surface area (Å²) in [7, 11) is 0. The average molecular weight is 234 g/mol. The number of hydrogen-bond acceptors (Lipinski definition) is 2. The van der Waals surface area contributed by atoms with Crippen LogP contribution in [0.25, 0.3) is 0 Å². The van der Waals surface area contributed by atoms with Gasteiger partial charge in [-0.1, -0.05) is 45.4 Å². The standard InChI is InChI=1S/C15H26N2/c1-4-9-14-10-7-8-11-15(14)16-12-13-17(5-2)6-3/h7-8,10-11,16H,4-6,9,12-13H2,1-3H3. The summed E-state index contributed by atoms with van der Waals surface area (Å²) in [6, 6.07) is 8.65. The van der Waals surface area contributed by atoms with E-state index < -0.39 is 0 Å². The highest BCUT2D eigenvalue weighted by Crippen LogP contribution is 2.16. The van der Waals surface area contributed by atoms with E-state index in [1.807, 2.05) is 0 Å². The molecule has 2 nitrogen and oxygen atoms in total. The molecule has 0 heterocycles. The first-order valence-electron chi connectivity index (χ1n) is 6.85. The summed E-state index contributed by atoms with van der Waals surface area (Å²) < 4.78 is 0. The minimum absolute atomic E-state index is 1.03. The van der Waals surface area contributed by atoms with Gasteiger partial charge in [0.25, 0.3) is 0 Å². The predicted molar refractivity (Wildman–Crippen MR) is 76.7 cm³/mol. The normalized spacial score (nSPS) is 10.8. The van der Waals surface area contributed by atoms with Crippen molar-refractivity contribution in [2.45, 2.75) is 33.6 Å². The summed E-state index contributed by atoms with van der Waals surface area (Å²) in [6.45, 7) is 11.1. The Labute approximate surface area is 106 Å². The van der Waals surface area contributed by atoms with Crippen molar-refractivity contribution in [1.29, 1.82) is 0 Å². The Hall–Kier alpha value is -1.02. The van der Waals surface area contributed by atoms with Gasteiger partial charge in [-0.15, -0.1) is 0 Å². The van der Waals surface area contributed by atoms with Crippen LogP contribution in [0.4, 0.5) is 5.69 Å². The Morgan fingerprint density at radius 2 is 1.76 bits per heavy atom. The molecule has 0 unspecified atom stereocenters. The van der Waals surface area contributed by atoms with E-state index in [4.69, 9.17) is 0 Å². The predicted octanol–water partition coefficient (Wildman–Crippen LogP) is 3.39. The third-order valence-electron chi connectivity index (χ3n) is 3.17. The molecule has 0 spiro atoms. The van der Waals surface area contributed by atoms with E-state index in [-0.39, 0.29) is 0 Å². The zero-order valence-electron chi connectivity index (χ0n) is 11.5. The molecule has 1 aromatic rings. The fourth-order valence-electron chi connectivity index (χ4n) is 2.07. The first-order valence-corrected chi connectivity index (χ1v) is 6.85. The fraction of sp³-hybridized carbons (Fsp3) is 0.600. The highest BCUT2D eigenvalue weighted by Gasteiger charge is 2.01. The van der Waals surface area contributed by atoms with Crippen LogP contribution in [0.2, 0.25) is 0 Å². The first-order chi connectivity index (χ1) is 8.31. The largest absolute Gasteiger partial charge is 0.384 e. The van der Waals surface area contributed by atoms with Crippen molar-refractivity contribution in [2.24, 2.45) is 0 Å². The van der Waals surface area contributed by atoms with Gasteiger partial charge >= 0.3 is 0 Å². The van der Waals surface area contributed by atoms with Crippen LogP contribution in [0.1, 0.15) is 32.8 Å². The molecular formula is C15H26N2. The molecule has 0 bridgehead atoms. The summed E-state index contributed by atoms with van der Waals surface area (Å²) >= 11 is 0. The van der Waals surface area contributed by atoms with E-state index in [9.17, 15) is 0 Å². The van der Waals surface area contributed by atoms with Gasteiger partial charge < -0.3 is 10.2 Å². The SMILES string of the molecule is CCCc1ccccc1NCCN(CC)CC. The molecule has 2 heteroatoms. The number of nitrogens with one attached hydrogen (secondary N) is 1. The van der Waals surface area contributed by atoms with Crippen molar-refractivity contribution in [3.05, 3.63) is 29.8 Å². The average Bonchev–Trinajstić information content (AvgIpc) is 2.37. The van der Waals surface area contributed by atoms with E-state index in [0.717, 1.165) is 32.6 Å². The second kappa shape index (κ2) is 8.13. The smallest absolute Gasteiger partial charge is 0.0373 e.